The van der Waals surface area contributed by atoms with Gasteiger partial charge < -0.3 is 0 Å². The molecule has 0 spiro atoms. The zero-order valence-electron chi connectivity index (χ0n) is 12.6. The molecule has 0 aliphatic carbocycles. The second-order valence-electron chi connectivity index (χ2n) is 4.78. The number of hydrogen-bond donors (Lipinski definition) is 0. The van der Waals surface area contributed by atoms with Crippen molar-refractivity contribution in [1.82, 2.24) is 0 Å². The Labute approximate surface area is 142 Å². The van der Waals surface area contributed by atoms with E-state index in [9.17, 15) is 28.6 Å². The van der Waals surface area contributed by atoms with Gasteiger partial charge in [0, 0.05) is 24.3 Å². The Morgan fingerprint density at radius 3 is 1.32 bits per heavy atom. The summed E-state index contributed by atoms with van der Waals surface area (Å²) in [5.41, 5.74) is 0.572. The fourth-order valence-electron chi connectivity index (χ4n) is 1.74. The normalized spacial score (nSPS) is 11.2. The lowest BCUT2D eigenvalue weighted by Crippen LogP contribution is -2.10. The molecular formula is C14H12N2O8S. The highest BCUT2D eigenvalue weighted by atomic mass is 32.3. The summed E-state index contributed by atoms with van der Waals surface area (Å²) in [6, 6.07) is 10.4. The van der Waals surface area contributed by atoms with E-state index < -0.39 is 20.2 Å². The Balaban J connectivity index is 1.88. The maximum Gasteiger partial charge on any atom is 0.400 e. The van der Waals surface area contributed by atoms with Crippen LogP contribution in [0.25, 0.3) is 0 Å². The van der Waals surface area contributed by atoms with Crippen LogP contribution in [0.15, 0.2) is 48.5 Å². The molecule has 2 aromatic rings. The third-order valence-electron chi connectivity index (χ3n) is 3.03. The van der Waals surface area contributed by atoms with E-state index in [-0.39, 0.29) is 24.6 Å². The molecule has 2 aromatic carbocycles. The van der Waals surface area contributed by atoms with Crippen molar-refractivity contribution in [2.24, 2.45) is 0 Å². The number of nitro benzene ring substituents is 2. The summed E-state index contributed by atoms with van der Waals surface area (Å²) < 4.78 is 32.7. The second kappa shape index (κ2) is 7.79. The van der Waals surface area contributed by atoms with Gasteiger partial charge in [-0.25, -0.2) is 8.37 Å². The van der Waals surface area contributed by atoms with Gasteiger partial charge in [-0.1, -0.05) is 0 Å². The van der Waals surface area contributed by atoms with E-state index in [1.54, 1.807) is 0 Å². The summed E-state index contributed by atoms with van der Waals surface area (Å²) in [6.45, 7) is -0.693. The lowest BCUT2D eigenvalue weighted by atomic mass is 10.2. The van der Waals surface area contributed by atoms with Gasteiger partial charge in [-0.15, -0.1) is 0 Å². The molecule has 0 aromatic heterocycles. The third kappa shape index (κ3) is 5.60. The minimum atomic E-state index is -4.30. The van der Waals surface area contributed by atoms with Crippen molar-refractivity contribution in [2.45, 2.75) is 13.2 Å². The van der Waals surface area contributed by atoms with Crippen molar-refractivity contribution in [3.8, 4) is 0 Å². The number of nitrogens with zero attached hydrogens (tertiary/aromatic N) is 2. The van der Waals surface area contributed by atoms with E-state index in [0.29, 0.717) is 11.1 Å². The van der Waals surface area contributed by atoms with Crippen molar-refractivity contribution in [1.29, 1.82) is 0 Å². The molecule has 0 saturated heterocycles. The molecule has 0 aliphatic rings. The topological polar surface area (TPSA) is 139 Å². The largest absolute Gasteiger partial charge is 0.400 e. The maximum atomic E-state index is 11.7. The monoisotopic (exact) mass is 368 g/mol. The molecule has 0 bridgehead atoms. The maximum absolute atomic E-state index is 11.7. The fraction of sp³-hybridized carbons (Fsp3) is 0.143. The van der Waals surface area contributed by atoms with E-state index in [1.165, 1.54) is 48.5 Å². The van der Waals surface area contributed by atoms with E-state index in [2.05, 4.69) is 8.37 Å². The minimum absolute atomic E-state index is 0.124. The van der Waals surface area contributed by atoms with Gasteiger partial charge in [-0.05, 0) is 35.4 Å². The number of non-ortho nitro benzene ring substituents is 2. The first-order valence-electron chi connectivity index (χ1n) is 6.77. The highest BCUT2D eigenvalue weighted by molar-refractivity contribution is 7.81. The Bertz CT molecular complexity index is 795. The molecule has 132 valence electrons. The standard InChI is InChI=1S/C14H12N2O8S/c17-15(18)13-5-1-11(2-6-13)9-23-25(21,22)24-10-12-3-7-14(8-4-12)16(19)20/h1-8H,9-10H2. The molecule has 25 heavy (non-hydrogen) atoms. The highest BCUT2D eigenvalue weighted by Gasteiger charge is 2.14. The predicted molar refractivity (Wildman–Crippen MR) is 84.7 cm³/mol. The molecule has 0 aliphatic heterocycles. The van der Waals surface area contributed by atoms with Crippen molar-refractivity contribution >= 4 is 21.8 Å². The molecule has 0 fully saturated rings. The molecule has 0 N–H and O–H groups in total. The lowest BCUT2D eigenvalue weighted by Gasteiger charge is -2.06. The smallest absolute Gasteiger partial charge is 0.258 e. The Morgan fingerprint density at radius 2 is 1.04 bits per heavy atom. The lowest BCUT2D eigenvalue weighted by molar-refractivity contribution is -0.385. The van der Waals surface area contributed by atoms with Gasteiger partial charge >= 0.3 is 10.4 Å². The zero-order valence-corrected chi connectivity index (χ0v) is 13.4. The van der Waals surface area contributed by atoms with Crippen LogP contribution in [0.2, 0.25) is 0 Å². The summed E-state index contributed by atoms with van der Waals surface area (Å²) in [6.07, 6.45) is 0. The molecule has 0 amide bonds. The summed E-state index contributed by atoms with van der Waals surface area (Å²) in [4.78, 5) is 19.9. The molecular weight excluding hydrogens is 356 g/mol. The van der Waals surface area contributed by atoms with E-state index in [4.69, 9.17) is 0 Å². The van der Waals surface area contributed by atoms with E-state index >= 15 is 0 Å². The average Bonchev–Trinajstić information content (AvgIpc) is 2.59. The van der Waals surface area contributed by atoms with Crippen LogP contribution in [0.1, 0.15) is 11.1 Å². The molecule has 0 atom stereocenters. The van der Waals surface area contributed by atoms with Gasteiger partial charge in [-0.3, -0.25) is 20.2 Å². The summed E-state index contributed by atoms with van der Waals surface area (Å²) in [7, 11) is -4.30. The molecule has 10 nitrogen and oxygen atoms in total. The van der Waals surface area contributed by atoms with Crippen molar-refractivity contribution < 1.29 is 26.6 Å². The van der Waals surface area contributed by atoms with Crippen LogP contribution in [-0.4, -0.2) is 18.3 Å². The van der Waals surface area contributed by atoms with Gasteiger partial charge in [0.15, 0.2) is 0 Å². The first kappa shape index (κ1) is 18.4. The van der Waals surface area contributed by atoms with Gasteiger partial charge in [-0.2, -0.15) is 8.42 Å². The average molecular weight is 368 g/mol. The third-order valence-corrected chi connectivity index (χ3v) is 3.85. The van der Waals surface area contributed by atoms with Crippen LogP contribution in [0, 0.1) is 20.2 Å². The SMILES string of the molecule is O=[N+]([O-])c1ccc(COS(=O)(=O)OCc2ccc([N+](=O)[O-])cc2)cc1. The zero-order chi connectivity index (χ0) is 18.4. The Kier molecular flexibility index (Phi) is 5.75. The first-order chi connectivity index (χ1) is 11.8. The van der Waals surface area contributed by atoms with Crippen molar-refractivity contribution in [3.63, 3.8) is 0 Å². The molecule has 11 heteroatoms. The molecule has 2 rings (SSSR count). The van der Waals surface area contributed by atoms with Gasteiger partial charge in [0.1, 0.15) is 0 Å². The summed E-state index contributed by atoms with van der Waals surface area (Å²) in [5, 5.41) is 21.1. The van der Waals surface area contributed by atoms with Crippen LogP contribution >= 0.6 is 0 Å². The Hall–Kier alpha value is -2.89. The fourth-order valence-corrected chi connectivity index (χ4v) is 2.37. The van der Waals surface area contributed by atoms with Crippen LogP contribution in [-0.2, 0) is 32.0 Å². The van der Waals surface area contributed by atoms with Crippen molar-refractivity contribution in [2.75, 3.05) is 0 Å². The van der Waals surface area contributed by atoms with Crippen LogP contribution in [0.3, 0.4) is 0 Å². The number of benzene rings is 2. The van der Waals surface area contributed by atoms with Crippen LogP contribution < -0.4 is 0 Å². The van der Waals surface area contributed by atoms with Crippen LogP contribution in [0.4, 0.5) is 11.4 Å². The number of nitro groups is 2. The van der Waals surface area contributed by atoms with E-state index in [1.807, 2.05) is 0 Å². The number of rotatable bonds is 8. The highest BCUT2D eigenvalue weighted by Crippen LogP contribution is 2.16. The molecule has 0 unspecified atom stereocenters. The van der Waals surface area contributed by atoms with E-state index in [0.717, 1.165) is 0 Å². The van der Waals surface area contributed by atoms with Gasteiger partial charge in [0.25, 0.3) is 11.4 Å². The quantitative estimate of drug-likeness (QED) is 0.511. The van der Waals surface area contributed by atoms with Crippen molar-refractivity contribution in [3.05, 3.63) is 79.9 Å². The second-order valence-corrected chi connectivity index (χ2v) is 6.07. The summed E-state index contributed by atoms with van der Waals surface area (Å²) in [5.74, 6) is 0. The molecule has 0 radical (unpaired) electrons. The first-order valence-corrected chi connectivity index (χ1v) is 8.10. The minimum Gasteiger partial charge on any atom is -0.258 e. The van der Waals surface area contributed by atoms with Crippen LogP contribution in [0.5, 0.6) is 0 Å². The Morgan fingerprint density at radius 1 is 0.720 bits per heavy atom. The van der Waals surface area contributed by atoms with Gasteiger partial charge in [0.05, 0.1) is 23.1 Å². The number of hydrogen-bond acceptors (Lipinski definition) is 8. The summed E-state index contributed by atoms with van der Waals surface area (Å²) >= 11 is 0. The molecule has 0 heterocycles. The van der Waals surface area contributed by atoms with Gasteiger partial charge in [0.2, 0.25) is 0 Å². The predicted octanol–water partition coefficient (Wildman–Crippen LogP) is 2.48. The molecule has 0 saturated carbocycles.